The van der Waals surface area contributed by atoms with Crippen LogP contribution in [0.1, 0.15) is 19.8 Å². The third-order valence-electron chi connectivity index (χ3n) is 1.21. The van der Waals surface area contributed by atoms with Gasteiger partial charge in [-0.25, -0.2) is 0 Å². The average molecular weight is 148 g/mol. The van der Waals surface area contributed by atoms with E-state index in [1.807, 2.05) is 25.2 Å². The van der Waals surface area contributed by atoms with Crippen LogP contribution < -0.4 is 0 Å². The molecule has 0 radical (unpaired) electrons. The van der Waals surface area contributed by atoms with Gasteiger partial charge in [-0.3, -0.25) is 0 Å². The van der Waals surface area contributed by atoms with Crippen LogP contribution in [0.25, 0.3) is 0 Å². The van der Waals surface area contributed by atoms with Crippen LogP contribution in [0, 0.1) is 0 Å². The molecule has 0 rings (SSSR count). The number of hydrogen-bond donors (Lipinski definition) is 0. The second kappa shape index (κ2) is 8.96. The van der Waals surface area contributed by atoms with Gasteiger partial charge in [-0.1, -0.05) is 49.1 Å². The summed E-state index contributed by atoms with van der Waals surface area (Å²) in [6, 6.07) is 0. The Bertz CT molecular complexity index is 159. The molecule has 0 spiro atoms. The first kappa shape index (κ1) is 9.96. The molecule has 0 aliphatic rings. The fraction of sp³-hybridized carbons (Fsp3) is 0.273. The van der Waals surface area contributed by atoms with Gasteiger partial charge in [0.1, 0.15) is 0 Å². The summed E-state index contributed by atoms with van der Waals surface area (Å²) in [6.07, 6.45) is 16.4. The van der Waals surface area contributed by atoms with E-state index in [1.54, 1.807) is 6.08 Å². The molecule has 0 heteroatoms. The maximum atomic E-state index is 3.59. The Morgan fingerprint density at radius 2 is 1.64 bits per heavy atom. The molecule has 60 valence electrons. The molecule has 0 bridgehead atoms. The van der Waals surface area contributed by atoms with Gasteiger partial charge in [0.25, 0.3) is 0 Å². The Labute approximate surface area is 69.6 Å². The fourth-order valence-electron chi connectivity index (χ4n) is 0.671. The van der Waals surface area contributed by atoms with Gasteiger partial charge in [0.2, 0.25) is 0 Å². The standard InChI is InChI=1S/C11H16/c1-3-5-7-9-11-10-8-6-4-2/h3-8,10H,1,9,11H2,2H3. The molecule has 0 aromatic heterocycles. The van der Waals surface area contributed by atoms with E-state index in [0.717, 1.165) is 12.8 Å². The monoisotopic (exact) mass is 148 g/mol. The van der Waals surface area contributed by atoms with Crippen molar-refractivity contribution >= 4 is 0 Å². The third kappa shape index (κ3) is 8.96. The third-order valence-corrected chi connectivity index (χ3v) is 1.21. The summed E-state index contributed by atoms with van der Waals surface area (Å²) in [5, 5.41) is 0. The molecule has 0 heterocycles. The average Bonchev–Trinajstić information content (AvgIpc) is 2.03. The Balaban J connectivity index is 3.26. The molecular weight excluding hydrogens is 132 g/mol. The van der Waals surface area contributed by atoms with Crippen molar-refractivity contribution in [3.8, 4) is 0 Å². The van der Waals surface area contributed by atoms with Crippen LogP contribution >= 0.6 is 0 Å². The van der Waals surface area contributed by atoms with E-state index < -0.39 is 0 Å². The molecular formula is C11H16. The van der Waals surface area contributed by atoms with Crippen molar-refractivity contribution in [2.45, 2.75) is 19.8 Å². The van der Waals surface area contributed by atoms with E-state index in [-0.39, 0.29) is 0 Å². The second-order valence-corrected chi connectivity index (χ2v) is 2.20. The molecule has 0 amide bonds. The molecule has 0 aromatic carbocycles. The van der Waals surface area contributed by atoms with Gasteiger partial charge in [-0.2, -0.15) is 0 Å². The summed E-state index contributed by atoms with van der Waals surface area (Å²) in [5.74, 6) is 0. The Kier molecular flexibility index (Phi) is 8.11. The molecule has 11 heavy (non-hydrogen) atoms. The highest BCUT2D eigenvalue weighted by Gasteiger charge is 1.72. The minimum atomic E-state index is 1.10. The number of allylic oxidation sites excluding steroid dienone is 7. The lowest BCUT2D eigenvalue weighted by Crippen LogP contribution is -1.62. The minimum Gasteiger partial charge on any atom is -0.0991 e. The maximum absolute atomic E-state index is 3.59. The summed E-state index contributed by atoms with van der Waals surface area (Å²) >= 11 is 0. The van der Waals surface area contributed by atoms with Gasteiger partial charge in [0.05, 0.1) is 0 Å². The van der Waals surface area contributed by atoms with Crippen LogP contribution in [0.2, 0.25) is 0 Å². The van der Waals surface area contributed by atoms with E-state index in [4.69, 9.17) is 0 Å². The van der Waals surface area contributed by atoms with Gasteiger partial charge in [-0.05, 0) is 19.8 Å². The fourth-order valence-corrected chi connectivity index (χ4v) is 0.671. The SMILES string of the molecule is C=CC=CCCC=CC=CC. The molecule has 0 saturated carbocycles. The Morgan fingerprint density at radius 1 is 1.00 bits per heavy atom. The van der Waals surface area contributed by atoms with Crippen molar-refractivity contribution in [2.24, 2.45) is 0 Å². The van der Waals surface area contributed by atoms with Crippen LogP contribution in [0.4, 0.5) is 0 Å². The van der Waals surface area contributed by atoms with E-state index in [9.17, 15) is 0 Å². The molecule has 0 nitrogen and oxygen atoms in total. The first-order valence-electron chi connectivity index (χ1n) is 3.97. The van der Waals surface area contributed by atoms with Crippen molar-refractivity contribution in [3.05, 3.63) is 49.1 Å². The van der Waals surface area contributed by atoms with Gasteiger partial charge in [0, 0.05) is 0 Å². The molecule has 0 unspecified atom stereocenters. The first-order valence-corrected chi connectivity index (χ1v) is 3.97. The number of unbranched alkanes of at least 4 members (excludes halogenated alkanes) is 1. The zero-order valence-electron chi connectivity index (χ0n) is 7.16. The molecule has 0 aliphatic heterocycles. The van der Waals surface area contributed by atoms with E-state index in [2.05, 4.69) is 24.8 Å². The van der Waals surface area contributed by atoms with Crippen LogP contribution in [-0.2, 0) is 0 Å². The highest BCUT2D eigenvalue weighted by atomic mass is 13.8. The highest BCUT2D eigenvalue weighted by molar-refractivity contribution is 5.02. The predicted molar refractivity (Wildman–Crippen MR) is 52.5 cm³/mol. The molecule has 0 aliphatic carbocycles. The number of rotatable bonds is 5. The topological polar surface area (TPSA) is 0 Å². The summed E-state index contributed by atoms with van der Waals surface area (Å²) in [4.78, 5) is 0. The van der Waals surface area contributed by atoms with Crippen LogP contribution in [0.5, 0.6) is 0 Å². The van der Waals surface area contributed by atoms with Crippen molar-refractivity contribution in [1.29, 1.82) is 0 Å². The lowest BCUT2D eigenvalue weighted by Gasteiger charge is -1.82. The van der Waals surface area contributed by atoms with Crippen LogP contribution in [0.15, 0.2) is 49.1 Å². The largest absolute Gasteiger partial charge is 0.0991 e. The van der Waals surface area contributed by atoms with Crippen molar-refractivity contribution in [2.75, 3.05) is 0 Å². The molecule has 0 fully saturated rings. The van der Waals surface area contributed by atoms with E-state index in [0.29, 0.717) is 0 Å². The van der Waals surface area contributed by atoms with Gasteiger partial charge < -0.3 is 0 Å². The van der Waals surface area contributed by atoms with E-state index >= 15 is 0 Å². The lowest BCUT2D eigenvalue weighted by molar-refractivity contribution is 1.05. The smallest absolute Gasteiger partial charge is 0.0313 e. The molecule has 0 aromatic rings. The highest BCUT2D eigenvalue weighted by Crippen LogP contribution is 1.92. The zero-order chi connectivity index (χ0) is 8.36. The normalized spacial score (nSPS) is 12.1. The van der Waals surface area contributed by atoms with E-state index in [1.165, 1.54) is 0 Å². The predicted octanol–water partition coefficient (Wildman–Crippen LogP) is 3.64. The Morgan fingerprint density at radius 3 is 2.18 bits per heavy atom. The lowest BCUT2D eigenvalue weighted by atomic mass is 10.2. The van der Waals surface area contributed by atoms with Crippen molar-refractivity contribution < 1.29 is 0 Å². The second-order valence-electron chi connectivity index (χ2n) is 2.20. The zero-order valence-corrected chi connectivity index (χ0v) is 7.16. The summed E-state index contributed by atoms with van der Waals surface area (Å²) in [5.41, 5.74) is 0. The minimum absolute atomic E-state index is 1.10. The summed E-state index contributed by atoms with van der Waals surface area (Å²) in [6.45, 7) is 5.61. The van der Waals surface area contributed by atoms with Gasteiger partial charge >= 0.3 is 0 Å². The van der Waals surface area contributed by atoms with Crippen molar-refractivity contribution in [1.82, 2.24) is 0 Å². The number of hydrogen-bond acceptors (Lipinski definition) is 0. The summed E-state index contributed by atoms with van der Waals surface area (Å²) < 4.78 is 0. The molecule has 0 N–H and O–H groups in total. The van der Waals surface area contributed by atoms with Gasteiger partial charge in [0.15, 0.2) is 0 Å². The molecule has 0 saturated heterocycles. The van der Waals surface area contributed by atoms with Gasteiger partial charge in [-0.15, -0.1) is 0 Å². The van der Waals surface area contributed by atoms with Crippen LogP contribution in [-0.4, -0.2) is 0 Å². The summed E-state index contributed by atoms with van der Waals surface area (Å²) in [7, 11) is 0. The van der Waals surface area contributed by atoms with Crippen molar-refractivity contribution in [3.63, 3.8) is 0 Å². The first-order chi connectivity index (χ1) is 5.41. The maximum Gasteiger partial charge on any atom is -0.0313 e. The Hall–Kier alpha value is -1.04. The molecule has 0 atom stereocenters. The quantitative estimate of drug-likeness (QED) is 0.412. The van der Waals surface area contributed by atoms with Crippen LogP contribution in [0.3, 0.4) is 0 Å².